The third kappa shape index (κ3) is 7.26. The molecule has 0 aliphatic rings. The zero-order valence-electron chi connectivity index (χ0n) is 13.3. The van der Waals surface area contributed by atoms with E-state index in [-0.39, 0.29) is 29.8 Å². The largest absolute Gasteiger partial charge is 0.383 e. The number of rotatable bonds is 8. The summed E-state index contributed by atoms with van der Waals surface area (Å²) < 4.78 is 41.4. The molecule has 0 heterocycles. The number of amides is 1. The van der Waals surface area contributed by atoms with Crippen molar-refractivity contribution >= 4 is 28.2 Å². The number of methoxy groups -OCH3 is 1. The van der Waals surface area contributed by atoms with Gasteiger partial charge in [-0.3, -0.25) is 4.79 Å². The minimum atomic E-state index is -3.60. The van der Waals surface area contributed by atoms with Crippen LogP contribution in [0.1, 0.15) is 18.5 Å². The van der Waals surface area contributed by atoms with Crippen LogP contribution in [-0.4, -0.2) is 47.4 Å². The molecule has 0 saturated heterocycles. The van der Waals surface area contributed by atoms with E-state index in [1.165, 1.54) is 12.1 Å². The molecular weight excluding hydrogens is 347 g/mol. The third-order valence-corrected chi connectivity index (χ3v) is 4.13. The lowest BCUT2D eigenvalue weighted by molar-refractivity contribution is -0.120. The molecule has 0 spiro atoms. The van der Waals surface area contributed by atoms with E-state index in [4.69, 9.17) is 4.74 Å². The summed E-state index contributed by atoms with van der Waals surface area (Å²) in [5, 5.41) is 5.59. The number of carbonyl (C=O) groups excluding carboxylic acids is 1. The lowest BCUT2D eigenvalue weighted by atomic mass is 10.1. The summed E-state index contributed by atoms with van der Waals surface area (Å²) in [6, 6.07) is 3.39. The molecule has 1 amide bonds. The molecule has 132 valence electrons. The van der Waals surface area contributed by atoms with E-state index in [2.05, 4.69) is 10.6 Å². The Bertz CT molecular complexity index is 625. The van der Waals surface area contributed by atoms with Crippen LogP contribution in [0.5, 0.6) is 0 Å². The number of hydrogen-bond acceptors (Lipinski definition) is 5. The molecule has 1 unspecified atom stereocenters. The standard InChI is InChI=1S/C14H21FN2O4S.ClH/c1-10(17-14(18)9-16-6-7-21-2)11-4-5-13(12(15)8-11)22(3,19)20;/h4-5,8,10,16H,6-7,9H2,1-3H3,(H,17,18);1H. The highest BCUT2D eigenvalue weighted by atomic mass is 35.5. The average Bonchev–Trinajstić information content (AvgIpc) is 2.42. The molecule has 1 rings (SSSR count). The van der Waals surface area contributed by atoms with Crippen molar-refractivity contribution < 1.29 is 22.3 Å². The van der Waals surface area contributed by atoms with Crippen LogP contribution in [0, 0.1) is 5.82 Å². The van der Waals surface area contributed by atoms with Crippen LogP contribution in [0.4, 0.5) is 4.39 Å². The first kappa shape index (κ1) is 21.8. The molecule has 0 saturated carbocycles. The number of sulfone groups is 1. The normalized spacial score (nSPS) is 12.3. The number of benzene rings is 1. The van der Waals surface area contributed by atoms with Gasteiger partial charge in [-0.2, -0.15) is 0 Å². The molecule has 1 atom stereocenters. The quantitative estimate of drug-likeness (QED) is 0.670. The molecule has 6 nitrogen and oxygen atoms in total. The van der Waals surface area contributed by atoms with E-state index in [0.29, 0.717) is 18.7 Å². The van der Waals surface area contributed by atoms with Crippen LogP contribution in [0.15, 0.2) is 23.1 Å². The van der Waals surface area contributed by atoms with Crippen molar-refractivity contribution in [3.05, 3.63) is 29.6 Å². The summed E-state index contributed by atoms with van der Waals surface area (Å²) in [7, 11) is -2.03. The van der Waals surface area contributed by atoms with Crippen molar-refractivity contribution in [1.82, 2.24) is 10.6 Å². The maximum Gasteiger partial charge on any atom is 0.234 e. The Morgan fingerprint density at radius 1 is 1.39 bits per heavy atom. The second kappa shape index (κ2) is 9.82. The van der Waals surface area contributed by atoms with Crippen molar-refractivity contribution in [3.63, 3.8) is 0 Å². The lowest BCUT2D eigenvalue weighted by Crippen LogP contribution is -2.36. The molecule has 0 bridgehead atoms. The first-order valence-electron chi connectivity index (χ1n) is 6.74. The first-order valence-corrected chi connectivity index (χ1v) is 8.63. The fourth-order valence-electron chi connectivity index (χ4n) is 1.84. The molecule has 0 fully saturated rings. The van der Waals surface area contributed by atoms with Crippen LogP contribution in [0.25, 0.3) is 0 Å². The van der Waals surface area contributed by atoms with Crippen molar-refractivity contribution in [2.45, 2.75) is 17.9 Å². The Hall–Kier alpha value is -1.22. The summed E-state index contributed by atoms with van der Waals surface area (Å²) >= 11 is 0. The smallest absolute Gasteiger partial charge is 0.234 e. The Morgan fingerprint density at radius 2 is 2.04 bits per heavy atom. The number of carbonyl (C=O) groups is 1. The van der Waals surface area contributed by atoms with E-state index in [1.54, 1.807) is 14.0 Å². The molecule has 2 N–H and O–H groups in total. The predicted octanol–water partition coefficient (Wildman–Crippen LogP) is 1.06. The van der Waals surface area contributed by atoms with Crippen molar-refractivity contribution in [2.24, 2.45) is 0 Å². The SMILES string of the molecule is COCCNCC(=O)NC(C)c1ccc(S(C)(=O)=O)c(F)c1.Cl. The van der Waals surface area contributed by atoms with Gasteiger partial charge in [-0.15, -0.1) is 12.4 Å². The van der Waals surface area contributed by atoms with E-state index in [9.17, 15) is 17.6 Å². The zero-order chi connectivity index (χ0) is 16.8. The van der Waals surface area contributed by atoms with Crippen molar-refractivity contribution in [2.75, 3.05) is 33.1 Å². The third-order valence-electron chi connectivity index (χ3n) is 3.00. The minimum Gasteiger partial charge on any atom is -0.383 e. The molecule has 23 heavy (non-hydrogen) atoms. The first-order chi connectivity index (χ1) is 10.3. The van der Waals surface area contributed by atoms with Gasteiger partial charge in [0.15, 0.2) is 9.84 Å². The van der Waals surface area contributed by atoms with Gasteiger partial charge < -0.3 is 15.4 Å². The van der Waals surface area contributed by atoms with Gasteiger partial charge in [-0.1, -0.05) is 6.07 Å². The Labute approximate surface area is 142 Å². The Balaban J connectivity index is 0.00000484. The van der Waals surface area contributed by atoms with Crippen LogP contribution >= 0.6 is 12.4 Å². The zero-order valence-corrected chi connectivity index (χ0v) is 14.9. The summed E-state index contributed by atoms with van der Waals surface area (Å²) in [5.41, 5.74) is 0.496. The minimum absolute atomic E-state index is 0. The molecular formula is C14H22ClFN2O4S. The van der Waals surface area contributed by atoms with Crippen LogP contribution in [-0.2, 0) is 19.4 Å². The van der Waals surface area contributed by atoms with E-state index in [1.807, 2.05) is 0 Å². The molecule has 1 aromatic rings. The van der Waals surface area contributed by atoms with Gasteiger partial charge in [0.05, 0.1) is 19.2 Å². The molecule has 0 aliphatic carbocycles. The Kier molecular flexibility index (Phi) is 9.29. The summed E-state index contributed by atoms with van der Waals surface area (Å²) in [5.74, 6) is -1.06. The lowest BCUT2D eigenvalue weighted by Gasteiger charge is -2.15. The van der Waals surface area contributed by atoms with Gasteiger partial charge >= 0.3 is 0 Å². The monoisotopic (exact) mass is 368 g/mol. The van der Waals surface area contributed by atoms with E-state index in [0.717, 1.165) is 12.3 Å². The van der Waals surface area contributed by atoms with Crippen molar-refractivity contribution in [3.8, 4) is 0 Å². The van der Waals surface area contributed by atoms with Gasteiger partial charge in [-0.25, -0.2) is 12.8 Å². The topological polar surface area (TPSA) is 84.5 Å². The van der Waals surface area contributed by atoms with Crippen LogP contribution < -0.4 is 10.6 Å². The Morgan fingerprint density at radius 3 is 2.57 bits per heavy atom. The molecule has 0 aliphatic heterocycles. The van der Waals surface area contributed by atoms with Crippen LogP contribution in [0.2, 0.25) is 0 Å². The summed E-state index contributed by atoms with van der Waals surface area (Å²) in [6.07, 6.45) is 0.946. The van der Waals surface area contributed by atoms with Gasteiger partial charge in [0.2, 0.25) is 5.91 Å². The number of nitrogens with one attached hydrogen (secondary N) is 2. The summed E-state index contributed by atoms with van der Waals surface area (Å²) in [6.45, 7) is 2.87. The molecule has 9 heteroatoms. The fraction of sp³-hybridized carbons (Fsp3) is 0.500. The fourth-order valence-corrected chi connectivity index (χ4v) is 2.57. The van der Waals surface area contributed by atoms with Gasteiger partial charge in [0.1, 0.15) is 10.7 Å². The van der Waals surface area contributed by atoms with Crippen LogP contribution in [0.3, 0.4) is 0 Å². The number of hydrogen-bond donors (Lipinski definition) is 2. The molecule has 1 aromatic carbocycles. The number of ether oxygens (including phenoxy) is 1. The van der Waals surface area contributed by atoms with Crippen molar-refractivity contribution in [1.29, 1.82) is 0 Å². The average molecular weight is 369 g/mol. The second-order valence-corrected chi connectivity index (χ2v) is 6.90. The summed E-state index contributed by atoms with van der Waals surface area (Å²) in [4.78, 5) is 11.3. The van der Waals surface area contributed by atoms with Gasteiger partial charge in [0, 0.05) is 19.9 Å². The van der Waals surface area contributed by atoms with Gasteiger partial charge in [-0.05, 0) is 24.6 Å². The maximum atomic E-state index is 13.8. The van der Waals surface area contributed by atoms with Gasteiger partial charge in [0.25, 0.3) is 0 Å². The number of halogens is 2. The maximum absolute atomic E-state index is 13.8. The van der Waals surface area contributed by atoms with E-state index >= 15 is 0 Å². The highest BCUT2D eigenvalue weighted by Crippen LogP contribution is 2.20. The highest BCUT2D eigenvalue weighted by molar-refractivity contribution is 7.90. The molecule has 0 radical (unpaired) electrons. The second-order valence-electron chi connectivity index (χ2n) is 4.92. The molecule has 0 aromatic heterocycles. The highest BCUT2D eigenvalue weighted by Gasteiger charge is 2.16. The predicted molar refractivity (Wildman–Crippen MR) is 88.1 cm³/mol. The van der Waals surface area contributed by atoms with E-state index < -0.39 is 21.7 Å².